The van der Waals surface area contributed by atoms with Crippen LogP contribution < -0.4 is 16.0 Å². The fourth-order valence-corrected chi connectivity index (χ4v) is 3.72. The standard InChI is InChI=1S/C16H21N5O2S2/c1-3-9-17-15-20-21-16(25-15)24-11(2)13(22)19-14(23)18-10-12-7-5-4-6-8-12/h4-8,11H,3,9-10H2,1-2H3,(H,17,20)(H2,18,19,22,23)/t11-/m0/s1. The van der Waals surface area contributed by atoms with Crippen LogP contribution in [-0.2, 0) is 11.3 Å². The van der Waals surface area contributed by atoms with Gasteiger partial charge in [0.15, 0.2) is 4.34 Å². The van der Waals surface area contributed by atoms with Crippen molar-refractivity contribution in [2.45, 2.75) is 36.4 Å². The third-order valence-electron chi connectivity index (χ3n) is 3.11. The van der Waals surface area contributed by atoms with Crippen LogP contribution in [0.5, 0.6) is 0 Å². The number of imide groups is 1. The van der Waals surface area contributed by atoms with E-state index >= 15 is 0 Å². The highest BCUT2D eigenvalue weighted by atomic mass is 32.2. The number of benzene rings is 1. The lowest BCUT2D eigenvalue weighted by atomic mass is 10.2. The lowest BCUT2D eigenvalue weighted by Gasteiger charge is -2.10. The van der Waals surface area contributed by atoms with E-state index in [1.807, 2.05) is 30.3 Å². The molecule has 0 saturated carbocycles. The van der Waals surface area contributed by atoms with Gasteiger partial charge in [0.1, 0.15) is 0 Å². The van der Waals surface area contributed by atoms with Crippen LogP contribution in [0.3, 0.4) is 0 Å². The Hall–Kier alpha value is -2.13. The Labute approximate surface area is 155 Å². The molecule has 0 bridgehead atoms. The number of thioether (sulfide) groups is 1. The fourth-order valence-electron chi connectivity index (χ4n) is 1.80. The largest absolute Gasteiger partial charge is 0.360 e. The Bertz CT molecular complexity index is 693. The molecule has 134 valence electrons. The zero-order chi connectivity index (χ0) is 18.1. The Kier molecular flexibility index (Phi) is 7.68. The highest BCUT2D eigenvalue weighted by Gasteiger charge is 2.19. The summed E-state index contributed by atoms with van der Waals surface area (Å²) in [7, 11) is 0. The maximum Gasteiger partial charge on any atom is 0.321 e. The normalized spacial score (nSPS) is 11.6. The Morgan fingerprint density at radius 2 is 2.00 bits per heavy atom. The molecule has 3 amide bonds. The molecule has 7 nitrogen and oxygen atoms in total. The highest BCUT2D eigenvalue weighted by Crippen LogP contribution is 2.28. The van der Waals surface area contributed by atoms with Crippen LogP contribution in [0.1, 0.15) is 25.8 Å². The molecule has 0 spiro atoms. The minimum absolute atomic E-state index is 0.365. The summed E-state index contributed by atoms with van der Waals surface area (Å²) in [6.45, 7) is 4.99. The van der Waals surface area contributed by atoms with Gasteiger partial charge in [0.2, 0.25) is 11.0 Å². The molecule has 0 radical (unpaired) electrons. The van der Waals surface area contributed by atoms with E-state index in [-0.39, 0.29) is 5.91 Å². The Morgan fingerprint density at radius 3 is 2.72 bits per heavy atom. The molecule has 2 aromatic rings. The summed E-state index contributed by atoms with van der Waals surface area (Å²) in [5.74, 6) is -0.367. The van der Waals surface area contributed by atoms with Crippen LogP contribution in [0.4, 0.5) is 9.93 Å². The third kappa shape index (κ3) is 6.71. The molecular weight excluding hydrogens is 358 g/mol. The molecule has 3 N–H and O–H groups in total. The molecule has 25 heavy (non-hydrogen) atoms. The smallest absolute Gasteiger partial charge is 0.321 e. The van der Waals surface area contributed by atoms with Crippen molar-refractivity contribution in [2.24, 2.45) is 0 Å². The summed E-state index contributed by atoms with van der Waals surface area (Å²) in [4.78, 5) is 23.9. The predicted molar refractivity (Wildman–Crippen MR) is 101 cm³/mol. The van der Waals surface area contributed by atoms with Gasteiger partial charge in [-0.15, -0.1) is 10.2 Å². The van der Waals surface area contributed by atoms with Gasteiger partial charge in [-0.2, -0.15) is 0 Å². The van der Waals surface area contributed by atoms with Crippen molar-refractivity contribution in [3.63, 3.8) is 0 Å². The molecule has 1 atom stereocenters. The SMILES string of the molecule is CCCNc1nnc(S[C@@H](C)C(=O)NC(=O)NCc2ccccc2)s1. The zero-order valence-electron chi connectivity index (χ0n) is 14.1. The number of amides is 3. The molecule has 2 rings (SSSR count). The molecule has 1 aromatic carbocycles. The van der Waals surface area contributed by atoms with Gasteiger partial charge >= 0.3 is 6.03 Å². The first-order valence-corrected chi connectivity index (χ1v) is 9.64. The average molecular weight is 380 g/mol. The van der Waals surface area contributed by atoms with E-state index in [4.69, 9.17) is 0 Å². The van der Waals surface area contributed by atoms with Crippen molar-refractivity contribution in [1.82, 2.24) is 20.8 Å². The zero-order valence-corrected chi connectivity index (χ0v) is 15.7. The summed E-state index contributed by atoms with van der Waals surface area (Å²) in [5, 5.41) is 16.5. The first-order valence-electron chi connectivity index (χ1n) is 7.95. The molecule has 0 saturated heterocycles. The van der Waals surface area contributed by atoms with E-state index in [1.54, 1.807) is 6.92 Å². The second kappa shape index (κ2) is 10.00. The summed E-state index contributed by atoms with van der Waals surface area (Å²) in [6, 6.07) is 8.99. The van der Waals surface area contributed by atoms with Crippen LogP contribution in [0, 0.1) is 0 Å². The number of carbonyl (C=O) groups excluding carboxylic acids is 2. The van der Waals surface area contributed by atoms with Crippen LogP contribution >= 0.6 is 23.1 Å². The average Bonchev–Trinajstić information content (AvgIpc) is 3.06. The number of aromatic nitrogens is 2. The topological polar surface area (TPSA) is 96.0 Å². The minimum Gasteiger partial charge on any atom is -0.360 e. The van der Waals surface area contributed by atoms with Gasteiger partial charge in [0, 0.05) is 13.1 Å². The van der Waals surface area contributed by atoms with E-state index in [9.17, 15) is 9.59 Å². The molecule has 0 fully saturated rings. The highest BCUT2D eigenvalue weighted by molar-refractivity contribution is 8.02. The number of urea groups is 1. The van der Waals surface area contributed by atoms with Crippen LogP contribution in [0.15, 0.2) is 34.7 Å². The van der Waals surface area contributed by atoms with Gasteiger partial charge in [-0.1, -0.05) is 60.4 Å². The number of nitrogens with one attached hydrogen (secondary N) is 3. The summed E-state index contributed by atoms with van der Waals surface area (Å²) >= 11 is 2.67. The van der Waals surface area contributed by atoms with E-state index < -0.39 is 11.3 Å². The second-order valence-corrected chi connectivity index (χ2v) is 7.78. The van der Waals surface area contributed by atoms with Gasteiger partial charge < -0.3 is 10.6 Å². The van der Waals surface area contributed by atoms with Crippen LogP contribution in [0.25, 0.3) is 0 Å². The number of hydrogen-bond acceptors (Lipinski definition) is 7. The van der Waals surface area contributed by atoms with Gasteiger partial charge in [-0.05, 0) is 18.9 Å². The van der Waals surface area contributed by atoms with E-state index in [2.05, 4.69) is 33.1 Å². The van der Waals surface area contributed by atoms with Gasteiger partial charge in [-0.3, -0.25) is 10.1 Å². The second-order valence-electron chi connectivity index (χ2n) is 5.22. The predicted octanol–water partition coefficient (Wildman–Crippen LogP) is 2.87. The quantitative estimate of drug-likeness (QED) is 0.611. The monoisotopic (exact) mass is 379 g/mol. The Morgan fingerprint density at radius 1 is 1.24 bits per heavy atom. The molecule has 0 aliphatic heterocycles. The van der Waals surface area contributed by atoms with Gasteiger partial charge in [0.05, 0.1) is 5.25 Å². The number of nitrogens with zero attached hydrogens (tertiary/aromatic N) is 2. The van der Waals surface area contributed by atoms with E-state index in [1.165, 1.54) is 23.1 Å². The van der Waals surface area contributed by atoms with E-state index in [0.29, 0.717) is 10.9 Å². The minimum atomic E-state index is -0.510. The maximum absolute atomic E-state index is 12.1. The number of anilines is 1. The first kappa shape index (κ1) is 19.2. The van der Waals surface area contributed by atoms with Crippen molar-refractivity contribution in [3.05, 3.63) is 35.9 Å². The number of carbonyl (C=O) groups is 2. The Balaban J connectivity index is 1.75. The van der Waals surface area contributed by atoms with Crippen molar-refractivity contribution < 1.29 is 9.59 Å². The van der Waals surface area contributed by atoms with Gasteiger partial charge in [0.25, 0.3) is 0 Å². The summed E-state index contributed by atoms with van der Waals surface area (Å²) in [5.41, 5.74) is 0.966. The molecule has 9 heteroatoms. The van der Waals surface area contributed by atoms with Crippen molar-refractivity contribution >= 4 is 40.2 Å². The fraction of sp³-hybridized carbons (Fsp3) is 0.375. The number of rotatable bonds is 8. The van der Waals surface area contributed by atoms with Crippen molar-refractivity contribution in [1.29, 1.82) is 0 Å². The molecule has 0 unspecified atom stereocenters. The maximum atomic E-state index is 12.1. The van der Waals surface area contributed by atoms with Gasteiger partial charge in [-0.25, -0.2) is 4.79 Å². The third-order valence-corrected chi connectivity index (χ3v) is 5.18. The molecule has 0 aliphatic rings. The molecular formula is C16H21N5O2S2. The molecule has 1 aromatic heterocycles. The van der Waals surface area contributed by atoms with Crippen molar-refractivity contribution in [3.8, 4) is 0 Å². The lowest BCUT2D eigenvalue weighted by molar-refractivity contribution is -0.119. The lowest BCUT2D eigenvalue weighted by Crippen LogP contribution is -2.42. The summed E-state index contributed by atoms with van der Waals surface area (Å²) in [6.07, 6.45) is 0.999. The first-order chi connectivity index (χ1) is 12.1. The molecule has 0 aliphatic carbocycles. The van der Waals surface area contributed by atoms with Crippen LogP contribution in [0.2, 0.25) is 0 Å². The number of hydrogen-bond donors (Lipinski definition) is 3. The van der Waals surface area contributed by atoms with Crippen molar-refractivity contribution in [2.75, 3.05) is 11.9 Å². The summed E-state index contributed by atoms with van der Waals surface area (Å²) < 4.78 is 0.686. The van der Waals surface area contributed by atoms with Crippen LogP contribution in [-0.4, -0.2) is 33.9 Å². The molecule has 1 heterocycles. The van der Waals surface area contributed by atoms with E-state index in [0.717, 1.165) is 23.7 Å².